The maximum Gasteiger partial charge on any atom is 0.150 e. The van der Waals surface area contributed by atoms with Crippen LogP contribution in [0.4, 0.5) is 5.69 Å². The average Bonchev–Trinajstić information content (AvgIpc) is 2.87. The zero-order chi connectivity index (χ0) is 13.9. The lowest BCUT2D eigenvalue weighted by molar-refractivity contribution is 0.293. The summed E-state index contributed by atoms with van der Waals surface area (Å²) in [5.74, 6) is 1.75. The van der Waals surface area contributed by atoms with Crippen LogP contribution in [0.5, 0.6) is 0 Å². The number of thioether (sulfide) groups is 1. The quantitative estimate of drug-likeness (QED) is 0.780. The van der Waals surface area contributed by atoms with E-state index in [2.05, 4.69) is 41.7 Å². The fourth-order valence-electron chi connectivity index (χ4n) is 3.11. The predicted molar refractivity (Wildman–Crippen MR) is 91.0 cm³/mol. The third kappa shape index (κ3) is 3.29. The lowest BCUT2D eigenvalue weighted by atomic mass is 9.82. The summed E-state index contributed by atoms with van der Waals surface area (Å²) in [6, 6.07) is 6.55. The molecule has 2 aromatic rings. The molecule has 1 fully saturated rings. The number of benzene rings is 1. The minimum atomic E-state index is 0.845. The Bertz CT molecular complexity index is 579. The number of nitrogens with zero attached hydrogens (tertiary/aromatic N) is 1. The summed E-state index contributed by atoms with van der Waals surface area (Å²) < 4.78 is 2.44. The minimum absolute atomic E-state index is 0.845. The molecule has 0 spiro atoms. The van der Waals surface area contributed by atoms with Gasteiger partial charge in [0.15, 0.2) is 4.34 Å². The highest BCUT2D eigenvalue weighted by Crippen LogP contribution is 2.31. The first-order valence-electron chi connectivity index (χ1n) is 7.43. The molecule has 1 aliphatic carbocycles. The van der Waals surface area contributed by atoms with Crippen molar-refractivity contribution in [3.05, 3.63) is 18.2 Å². The van der Waals surface area contributed by atoms with Crippen molar-refractivity contribution in [2.75, 3.05) is 18.1 Å². The van der Waals surface area contributed by atoms with Crippen molar-refractivity contribution >= 4 is 39.0 Å². The van der Waals surface area contributed by atoms with Gasteiger partial charge in [0.2, 0.25) is 0 Å². The SMILES string of the molecule is CSc1nc2ccc(NCC3CCCC(C)C3)cc2s1. The van der Waals surface area contributed by atoms with Gasteiger partial charge in [-0.3, -0.25) is 0 Å². The Labute approximate surface area is 129 Å². The Morgan fingerprint density at radius 2 is 2.30 bits per heavy atom. The van der Waals surface area contributed by atoms with Crippen molar-refractivity contribution < 1.29 is 0 Å². The summed E-state index contributed by atoms with van der Waals surface area (Å²) in [5.41, 5.74) is 2.36. The normalized spacial score (nSPS) is 23.1. The highest BCUT2D eigenvalue weighted by atomic mass is 32.2. The second kappa shape index (κ2) is 6.35. The first-order chi connectivity index (χ1) is 9.74. The fourth-order valence-corrected chi connectivity index (χ4v) is 4.64. The van der Waals surface area contributed by atoms with Gasteiger partial charge in [-0.15, -0.1) is 11.3 Å². The van der Waals surface area contributed by atoms with Crippen LogP contribution < -0.4 is 5.32 Å². The number of anilines is 1. The van der Waals surface area contributed by atoms with Gasteiger partial charge in [-0.05, 0) is 49.1 Å². The maximum absolute atomic E-state index is 4.59. The third-order valence-electron chi connectivity index (χ3n) is 4.18. The third-order valence-corrected chi connectivity index (χ3v) is 6.19. The largest absolute Gasteiger partial charge is 0.385 e. The lowest BCUT2D eigenvalue weighted by Gasteiger charge is -2.27. The molecule has 20 heavy (non-hydrogen) atoms. The predicted octanol–water partition coefficient (Wildman–Crippen LogP) is 5.26. The second-order valence-electron chi connectivity index (χ2n) is 5.89. The van der Waals surface area contributed by atoms with Gasteiger partial charge in [-0.25, -0.2) is 4.98 Å². The highest BCUT2D eigenvalue weighted by Gasteiger charge is 2.18. The molecule has 0 saturated heterocycles. The first-order valence-corrected chi connectivity index (χ1v) is 9.47. The van der Waals surface area contributed by atoms with Crippen LogP contribution >= 0.6 is 23.1 Å². The summed E-state index contributed by atoms with van der Waals surface area (Å²) in [7, 11) is 0. The van der Waals surface area contributed by atoms with E-state index in [1.807, 2.05) is 0 Å². The van der Waals surface area contributed by atoms with E-state index in [-0.39, 0.29) is 0 Å². The van der Waals surface area contributed by atoms with Crippen LogP contribution in [-0.2, 0) is 0 Å². The topological polar surface area (TPSA) is 24.9 Å². The van der Waals surface area contributed by atoms with Gasteiger partial charge in [0.25, 0.3) is 0 Å². The molecule has 1 N–H and O–H groups in total. The Hall–Kier alpha value is -0.740. The van der Waals surface area contributed by atoms with E-state index in [0.29, 0.717) is 0 Å². The molecule has 1 saturated carbocycles. The molecule has 0 bridgehead atoms. The molecule has 0 radical (unpaired) electrons. The van der Waals surface area contributed by atoms with Crippen LogP contribution in [0.25, 0.3) is 10.2 Å². The van der Waals surface area contributed by atoms with Crippen molar-refractivity contribution in [3.63, 3.8) is 0 Å². The minimum Gasteiger partial charge on any atom is -0.385 e. The molecule has 1 heterocycles. The Kier molecular flexibility index (Phi) is 4.51. The molecule has 1 aromatic heterocycles. The monoisotopic (exact) mass is 306 g/mol. The molecular weight excluding hydrogens is 284 g/mol. The summed E-state index contributed by atoms with van der Waals surface area (Å²) in [6.07, 6.45) is 7.67. The number of hydrogen-bond donors (Lipinski definition) is 1. The molecule has 1 aromatic carbocycles. The summed E-state index contributed by atoms with van der Waals surface area (Å²) in [5, 5.41) is 3.63. The summed E-state index contributed by atoms with van der Waals surface area (Å²) in [6.45, 7) is 3.50. The number of aromatic nitrogens is 1. The Morgan fingerprint density at radius 1 is 1.40 bits per heavy atom. The van der Waals surface area contributed by atoms with Crippen LogP contribution in [0, 0.1) is 11.8 Å². The van der Waals surface area contributed by atoms with Crippen LogP contribution in [0.15, 0.2) is 22.5 Å². The van der Waals surface area contributed by atoms with Crippen LogP contribution in [0.2, 0.25) is 0 Å². The average molecular weight is 306 g/mol. The fraction of sp³-hybridized carbons (Fsp3) is 0.562. The van der Waals surface area contributed by atoms with Gasteiger partial charge in [0, 0.05) is 12.2 Å². The van der Waals surface area contributed by atoms with Gasteiger partial charge < -0.3 is 5.32 Å². The maximum atomic E-state index is 4.59. The van der Waals surface area contributed by atoms with Crippen LogP contribution in [0.3, 0.4) is 0 Å². The summed E-state index contributed by atoms with van der Waals surface area (Å²) in [4.78, 5) is 4.59. The van der Waals surface area contributed by atoms with E-state index in [0.717, 1.165) is 28.2 Å². The second-order valence-corrected chi connectivity index (χ2v) is 7.97. The van der Waals surface area contributed by atoms with E-state index in [4.69, 9.17) is 0 Å². The molecule has 108 valence electrons. The molecule has 2 atom stereocenters. The molecular formula is C16H22N2S2. The number of thiazole rings is 1. The molecule has 0 aliphatic heterocycles. The number of rotatable bonds is 4. The van der Waals surface area contributed by atoms with Crippen molar-refractivity contribution in [3.8, 4) is 0 Å². The van der Waals surface area contributed by atoms with Gasteiger partial charge in [-0.2, -0.15) is 0 Å². The van der Waals surface area contributed by atoms with Gasteiger partial charge in [-0.1, -0.05) is 31.5 Å². The number of hydrogen-bond acceptors (Lipinski definition) is 4. The lowest BCUT2D eigenvalue weighted by Crippen LogP contribution is -2.20. The van der Waals surface area contributed by atoms with Gasteiger partial charge in [0.05, 0.1) is 10.2 Å². The number of nitrogens with one attached hydrogen (secondary N) is 1. The Balaban J connectivity index is 1.65. The van der Waals surface area contributed by atoms with E-state index >= 15 is 0 Å². The van der Waals surface area contributed by atoms with E-state index in [1.54, 1.807) is 23.1 Å². The zero-order valence-electron chi connectivity index (χ0n) is 12.2. The van der Waals surface area contributed by atoms with Crippen molar-refractivity contribution in [1.29, 1.82) is 0 Å². The van der Waals surface area contributed by atoms with E-state index < -0.39 is 0 Å². The molecule has 3 rings (SSSR count). The molecule has 0 amide bonds. The van der Waals surface area contributed by atoms with Gasteiger partial charge >= 0.3 is 0 Å². The number of fused-ring (bicyclic) bond motifs is 1. The standard InChI is InChI=1S/C16H22N2S2/c1-11-4-3-5-12(8-11)10-17-13-6-7-14-15(9-13)20-16(18-14)19-2/h6-7,9,11-12,17H,3-5,8,10H2,1-2H3. The molecule has 2 unspecified atom stereocenters. The van der Waals surface area contributed by atoms with Crippen molar-refractivity contribution in [2.24, 2.45) is 11.8 Å². The van der Waals surface area contributed by atoms with Crippen molar-refractivity contribution in [2.45, 2.75) is 36.9 Å². The molecule has 4 heteroatoms. The Morgan fingerprint density at radius 3 is 3.10 bits per heavy atom. The van der Waals surface area contributed by atoms with Crippen LogP contribution in [0.1, 0.15) is 32.6 Å². The summed E-state index contributed by atoms with van der Waals surface area (Å²) >= 11 is 3.51. The van der Waals surface area contributed by atoms with E-state index in [9.17, 15) is 0 Å². The zero-order valence-corrected chi connectivity index (χ0v) is 13.8. The van der Waals surface area contributed by atoms with Crippen LogP contribution in [-0.4, -0.2) is 17.8 Å². The van der Waals surface area contributed by atoms with Gasteiger partial charge in [0.1, 0.15) is 0 Å². The van der Waals surface area contributed by atoms with E-state index in [1.165, 1.54) is 36.1 Å². The molecule has 1 aliphatic rings. The highest BCUT2D eigenvalue weighted by molar-refractivity contribution is 8.00. The van der Waals surface area contributed by atoms with Crippen molar-refractivity contribution in [1.82, 2.24) is 4.98 Å². The first kappa shape index (κ1) is 14.2. The molecule has 2 nitrogen and oxygen atoms in total. The smallest absolute Gasteiger partial charge is 0.150 e.